The predicted octanol–water partition coefficient (Wildman–Crippen LogP) is 6.84. The number of nitrogens with zero attached hydrogens (tertiary/aromatic N) is 1. The van der Waals surface area contributed by atoms with Gasteiger partial charge in [-0.3, -0.25) is 4.99 Å². The molecule has 0 spiro atoms. The molecule has 1 aromatic rings. The standard InChI is InChI=1S/C25H40N2/c1-19(2)21-12-10-14-23(18-21)25(22-13-9-11-20(3)17-22)27-24-15-7-5-4-6-8-16-26-24/h9,11,13,17,19,21,23,25H,4-8,10,12,14-16,18H2,1-3H3,(H,26,27). The zero-order valence-electron chi connectivity index (χ0n) is 17.8. The SMILES string of the molecule is Cc1cccc(C(NC2=NCCCCCCC2)C2CCCC(C(C)C)C2)c1. The van der Waals surface area contributed by atoms with Gasteiger partial charge in [-0.2, -0.15) is 0 Å². The zero-order chi connectivity index (χ0) is 19.1. The highest BCUT2D eigenvalue weighted by Crippen LogP contribution is 2.40. The van der Waals surface area contributed by atoms with Crippen molar-refractivity contribution < 1.29 is 0 Å². The van der Waals surface area contributed by atoms with Crippen LogP contribution in [-0.2, 0) is 0 Å². The molecule has 1 heterocycles. The van der Waals surface area contributed by atoms with Gasteiger partial charge in [0.05, 0.1) is 11.9 Å². The molecule has 27 heavy (non-hydrogen) atoms. The number of aliphatic imine (C=N–C) groups is 1. The quantitative estimate of drug-likeness (QED) is 0.618. The summed E-state index contributed by atoms with van der Waals surface area (Å²) in [7, 11) is 0. The fraction of sp³-hybridized carbons (Fsp3) is 0.720. The Labute approximate surface area is 167 Å². The van der Waals surface area contributed by atoms with Gasteiger partial charge in [-0.1, -0.05) is 75.8 Å². The minimum absolute atomic E-state index is 0.422. The highest BCUT2D eigenvalue weighted by atomic mass is 15.0. The average molecular weight is 369 g/mol. The van der Waals surface area contributed by atoms with Gasteiger partial charge in [-0.15, -0.1) is 0 Å². The fourth-order valence-electron chi connectivity index (χ4n) is 5.04. The average Bonchev–Trinajstić information content (AvgIpc) is 2.80. The Morgan fingerprint density at radius 3 is 2.56 bits per heavy atom. The maximum absolute atomic E-state index is 4.99. The Balaban J connectivity index is 1.81. The van der Waals surface area contributed by atoms with Crippen LogP contribution in [0.25, 0.3) is 0 Å². The Kier molecular flexibility index (Phi) is 7.79. The molecule has 1 fully saturated rings. The largest absolute Gasteiger partial charge is 0.367 e. The van der Waals surface area contributed by atoms with E-state index < -0.39 is 0 Å². The first kappa shape index (κ1) is 20.4. The van der Waals surface area contributed by atoms with Gasteiger partial charge < -0.3 is 5.32 Å². The molecule has 1 N–H and O–H groups in total. The molecule has 1 aliphatic heterocycles. The zero-order valence-corrected chi connectivity index (χ0v) is 17.8. The molecule has 2 nitrogen and oxygen atoms in total. The molecule has 0 saturated heterocycles. The maximum atomic E-state index is 4.99. The van der Waals surface area contributed by atoms with Crippen LogP contribution in [0.3, 0.4) is 0 Å². The van der Waals surface area contributed by atoms with Gasteiger partial charge in [0.2, 0.25) is 0 Å². The summed E-state index contributed by atoms with van der Waals surface area (Å²) in [5.41, 5.74) is 2.83. The molecule has 0 amide bonds. The summed E-state index contributed by atoms with van der Waals surface area (Å²) in [6.07, 6.45) is 13.2. The molecule has 3 rings (SSSR count). The summed E-state index contributed by atoms with van der Waals surface area (Å²) in [5, 5.41) is 3.97. The number of hydrogen-bond donors (Lipinski definition) is 1. The molecule has 1 aromatic carbocycles. The second kappa shape index (κ2) is 10.3. The molecule has 1 saturated carbocycles. The molecule has 3 unspecified atom stereocenters. The minimum atomic E-state index is 0.422. The number of benzene rings is 1. The number of amidine groups is 1. The first-order valence-corrected chi connectivity index (χ1v) is 11.5. The highest BCUT2D eigenvalue weighted by molar-refractivity contribution is 5.82. The summed E-state index contributed by atoms with van der Waals surface area (Å²) < 4.78 is 0. The van der Waals surface area contributed by atoms with Crippen molar-refractivity contribution in [2.75, 3.05) is 6.54 Å². The van der Waals surface area contributed by atoms with E-state index in [2.05, 4.69) is 50.4 Å². The maximum Gasteiger partial charge on any atom is 0.0967 e. The van der Waals surface area contributed by atoms with Crippen LogP contribution in [0.1, 0.15) is 95.2 Å². The van der Waals surface area contributed by atoms with Gasteiger partial charge in [-0.05, 0) is 55.9 Å². The van der Waals surface area contributed by atoms with Crippen LogP contribution in [-0.4, -0.2) is 12.4 Å². The minimum Gasteiger partial charge on any atom is -0.367 e. The molecule has 150 valence electrons. The van der Waals surface area contributed by atoms with Crippen molar-refractivity contribution in [1.82, 2.24) is 5.32 Å². The molecular weight excluding hydrogens is 328 g/mol. The van der Waals surface area contributed by atoms with E-state index in [4.69, 9.17) is 4.99 Å². The fourth-order valence-corrected chi connectivity index (χ4v) is 5.04. The van der Waals surface area contributed by atoms with Crippen molar-refractivity contribution in [3.63, 3.8) is 0 Å². The van der Waals surface area contributed by atoms with Gasteiger partial charge in [0.1, 0.15) is 0 Å². The summed E-state index contributed by atoms with van der Waals surface area (Å²) in [5.74, 6) is 3.67. The predicted molar refractivity (Wildman–Crippen MR) is 117 cm³/mol. The van der Waals surface area contributed by atoms with Gasteiger partial charge in [0, 0.05) is 13.0 Å². The van der Waals surface area contributed by atoms with E-state index >= 15 is 0 Å². The van der Waals surface area contributed by atoms with Crippen molar-refractivity contribution in [2.45, 2.75) is 91.0 Å². The van der Waals surface area contributed by atoms with Gasteiger partial charge in [-0.25, -0.2) is 0 Å². The molecule has 2 heteroatoms. The summed E-state index contributed by atoms with van der Waals surface area (Å²) in [6.45, 7) is 8.03. The molecule has 2 aliphatic rings. The van der Waals surface area contributed by atoms with E-state index in [1.807, 2.05) is 0 Å². The topological polar surface area (TPSA) is 24.4 Å². The second-order valence-electron chi connectivity index (χ2n) is 9.31. The molecule has 3 atom stereocenters. The van der Waals surface area contributed by atoms with Crippen LogP contribution >= 0.6 is 0 Å². The van der Waals surface area contributed by atoms with Crippen LogP contribution in [0.15, 0.2) is 29.3 Å². The first-order chi connectivity index (χ1) is 13.1. The van der Waals surface area contributed by atoms with E-state index in [-0.39, 0.29) is 0 Å². The normalized spacial score (nSPS) is 25.9. The second-order valence-corrected chi connectivity index (χ2v) is 9.31. The van der Waals surface area contributed by atoms with Gasteiger partial charge in [0.25, 0.3) is 0 Å². The molecule has 0 aromatic heterocycles. The lowest BCUT2D eigenvalue weighted by Gasteiger charge is -2.37. The van der Waals surface area contributed by atoms with Crippen LogP contribution in [0.4, 0.5) is 0 Å². The van der Waals surface area contributed by atoms with Crippen LogP contribution in [0, 0.1) is 24.7 Å². The highest BCUT2D eigenvalue weighted by Gasteiger charge is 2.31. The third kappa shape index (κ3) is 6.09. The smallest absolute Gasteiger partial charge is 0.0967 e. The van der Waals surface area contributed by atoms with E-state index in [9.17, 15) is 0 Å². The molecule has 0 bridgehead atoms. The lowest BCUT2D eigenvalue weighted by atomic mass is 9.72. The summed E-state index contributed by atoms with van der Waals surface area (Å²) in [4.78, 5) is 4.99. The Morgan fingerprint density at radius 1 is 0.963 bits per heavy atom. The van der Waals surface area contributed by atoms with Crippen molar-refractivity contribution in [2.24, 2.45) is 22.7 Å². The van der Waals surface area contributed by atoms with Crippen LogP contribution < -0.4 is 5.32 Å². The lowest BCUT2D eigenvalue weighted by molar-refractivity contribution is 0.185. The number of rotatable bonds is 4. The number of hydrogen-bond acceptors (Lipinski definition) is 2. The van der Waals surface area contributed by atoms with Crippen molar-refractivity contribution in [1.29, 1.82) is 0 Å². The Hall–Kier alpha value is -1.31. The first-order valence-electron chi connectivity index (χ1n) is 11.5. The van der Waals surface area contributed by atoms with E-state index in [0.717, 1.165) is 30.7 Å². The van der Waals surface area contributed by atoms with E-state index in [0.29, 0.717) is 6.04 Å². The van der Waals surface area contributed by atoms with Gasteiger partial charge >= 0.3 is 0 Å². The van der Waals surface area contributed by atoms with Crippen molar-refractivity contribution in [3.05, 3.63) is 35.4 Å². The third-order valence-electron chi connectivity index (χ3n) is 6.77. The molecular formula is C25H40N2. The van der Waals surface area contributed by atoms with Gasteiger partial charge in [0.15, 0.2) is 0 Å². The van der Waals surface area contributed by atoms with E-state index in [1.165, 1.54) is 74.7 Å². The summed E-state index contributed by atoms with van der Waals surface area (Å²) >= 11 is 0. The van der Waals surface area contributed by atoms with E-state index in [1.54, 1.807) is 0 Å². The Morgan fingerprint density at radius 2 is 1.74 bits per heavy atom. The summed E-state index contributed by atoms with van der Waals surface area (Å²) in [6, 6.07) is 9.60. The van der Waals surface area contributed by atoms with Crippen molar-refractivity contribution in [3.8, 4) is 0 Å². The third-order valence-corrected chi connectivity index (χ3v) is 6.77. The lowest BCUT2D eigenvalue weighted by Crippen LogP contribution is -2.36. The molecule has 1 aliphatic carbocycles. The van der Waals surface area contributed by atoms with Crippen molar-refractivity contribution >= 4 is 5.84 Å². The molecule has 0 radical (unpaired) electrons. The monoisotopic (exact) mass is 368 g/mol. The Bertz CT molecular complexity index is 604. The van der Waals surface area contributed by atoms with Crippen LogP contribution in [0.5, 0.6) is 0 Å². The number of aryl methyl sites for hydroxylation is 1. The van der Waals surface area contributed by atoms with Crippen LogP contribution in [0.2, 0.25) is 0 Å². The number of nitrogens with one attached hydrogen (secondary N) is 1.